The Bertz CT molecular complexity index is 607. The number of carbonyl (C=O) groups is 1. The van der Waals surface area contributed by atoms with E-state index in [1.54, 1.807) is 12.3 Å². The van der Waals surface area contributed by atoms with E-state index in [9.17, 15) is 15.0 Å². The fourth-order valence-electron chi connectivity index (χ4n) is 4.09. The summed E-state index contributed by atoms with van der Waals surface area (Å²) in [4.78, 5) is 21.6. The summed E-state index contributed by atoms with van der Waals surface area (Å²) in [6.07, 6.45) is 5.70. The molecule has 26 heavy (non-hydrogen) atoms. The molecule has 2 N–H and O–H groups in total. The number of aromatic nitrogens is 1. The fraction of sp³-hybridized carbons (Fsp3) is 0.684. The summed E-state index contributed by atoms with van der Waals surface area (Å²) in [7, 11) is 0. The highest BCUT2D eigenvalue weighted by atomic mass is 32.2. The number of aliphatic hydroxyl groups excluding tert-OH is 2. The molecule has 1 aromatic heterocycles. The average molecular weight is 380 g/mol. The van der Waals surface area contributed by atoms with E-state index < -0.39 is 0 Å². The summed E-state index contributed by atoms with van der Waals surface area (Å²) in [5.41, 5.74) is 0.654. The van der Waals surface area contributed by atoms with Crippen LogP contribution in [0.25, 0.3) is 0 Å². The maximum absolute atomic E-state index is 13.0. The van der Waals surface area contributed by atoms with E-state index >= 15 is 0 Å². The van der Waals surface area contributed by atoms with Gasteiger partial charge in [0.15, 0.2) is 0 Å². The number of hydrogen-bond donors (Lipinski definition) is 2. The Kier molecular flexibility index (Phi) is 6.92. The Morgan fingerprint density at radius 3 is 2.62 bits per heavy atom. The second-order valence-corrected chi connectivity index (χ2v) is 8.19. The molecule has 6 nitrogen and oxygen atoms in total. The second kappa shape index (κ2) is 9.17. The monoisotopic (exact) mass is 379 g/mol. The van der Waals surface area contributed by atoms with E-state index in [1.165, 1.54) is 11.8 Å². The molecule has 0 spiro atoms. The predicted octanol–water partition coefficient (Wildman–Crippen LogP) is 1.19. The first-order chi connectivity index (χ1) is 12.7. The van der Waals surface area contributed by atoms with Gasteiger partial charge in [-0.1, -0.05) is 0 Å². The van der Waals surface area contributed by atoms with E-state index in [1.807, 2.05) is 17.2 Å². The van der Waals surface area contributed by atoms with Crippen molar-refractivity contribution in [3.8, 4) is 0 Å². The maximum atomic E-state index is 13.0. The molecule has 0 saturated carbocycles. The number of carbonyl (C=O) groups excluding carboxylic acids is 1. The highest BCUT2D eigenvalue weighted by Gasteiger charge is 2.37. The first-order valence-corrected chi connectivity index (χ1v) is 10.6. The van der Waals surface area contributed by atoms with Crippen molar-refractivity contribution in [2.24, 2.45) is 17.8 Å². The molecule has 2 atom stereocenters. The fourth-order valence-corrected chi connectivity index (χ4v) is 4.63. The van der Waals surface area contributed by atoms with E-state index in [2.05, 4.69) is 9.88 Å². The number of piperidine rings is 1. The van der Waals surface area contributed by atoms with Crippen LogP contribution in [0.5, 0.6) is 0 Å². The quantitative estimate of drug-likeness (QED) is 0.723. The molecular weight excluding hydrogens is 350 g/mol. The number of pyridine rings is 1. The topological polar surface area (TPSA) is 76.9 Å². The van der Waals surface area contributed by atoms with Crippen LogP contribution in [0.2, 0.25) is 0 Å². The molecule has 1 aromatic rings. The molecule has 1 amide bonds. The second-order valence-electron chi connectivity index (χ2n) is 7.40. The summed E-state index contributed by atoms with van der Waals surface area (Å²) < 4.78 is 0. The summed E-state index contributed by atoms with van der Waals surface area (Å²) >= 11 is 1.48. The zero-order valence-corrected chi connectivity index (χ0v) is 16.2. The summed E-state index contributed by atoms with van der Waals surface area (Å²) in [5, 5.41) is 19.9. The van der Waals surface area contributed by atoms with Crippen LogP contribution in [0.3, 0.4) is 0 Å². The lowest BCUT2D eigenvalue weighted by Gasteiger charge is -2.33. The van der Waals surface area contributed by atoms with Crippen LogP contribution in [0.1, 0.15) is 23.2 Å². The van der Waals surface area contributed by atoms with Gasteiger partial charge in [-0.15, -0.1) is 11.8 Å². The van der Waals surface area contributed by atoms with Crippen molar-refractivity contribution in [1.29, 1.82) is 0 Å². The Hall–Kier alpha value is -1.15. The summed E-state index contributed by atoms with van der Waals surface area (Å²) in [5.74, 6) is 0.868. The lowest BCUT2D eigenvalue weighted by atomic mass is 9.93. The van der Waals surface area contributed by atoms with E-state index in [4.69, 9.17) is 0 Å². The number of hydrogen-bond acceptors (Lipinski definition) is 6. The van der Waals surface area contributed by atoms with Gasteiger partial charge in [-0.05, 0) is 56.2 Å². The molecule has 0 radical (unpaired) electrons. The zero-order chi connectivity index (χ0) is 18.5. The highest BCUT2D eigenvalue weighted by Crippen LogP contribution is 2.28. The van der Waals surface area contributed by atoms with Gasteiger partial charge in [0.05, 0.1) is 5.56 Å². The van der Waals surface area contributed by atoms with Gasteiger partial charge in [0.2, 0.25) is 0 Å². The normalized spacial score (nSPS) is 25.0. The van der Waals surface area contributed by atoms with Crippen LogP contribution in [-0.2, 0) is 0 Å². The summed E-state index contributed by atoms with van der Waals surface area (Å²) in [6, 6.07) is 3.64. The number of likely N-dealkylation sites (tertiary alicyclic amines) is 2. The largest absolute Gasteiger partial charge is 0.396 e. The van der Waals surface area contributed by atoms with Crippen LogP contribution in [0, 0.1) is 17.8 Å². The molecule has 2 aliphatic rings. The number of rotatable bonds is 6. The van der Waals surface area contributed by atoms with E-state index in [0.717, 1.165) is 37.5 Å². The molecule has 3 rings (SSSR count). The molecule has 0 unspecified atom stereocenters. The van der Waals surface area contributed by atoms with Crippen molar-refractivity contribution in [2.75, 3.05) is 52.2 Å². The first kappa shape index (κ1) is 19.6. The number of nitrogens with zero attached hydrogens (tertiary/aromatic N) is 3. The van der Waals surface area contributed by atoms with Gasteiger partial charge in [-0.25, -0.2) is 4.98 Å². The first-order valence-electron chi connectivity index (χ1n) is 9.38. The Labute approximate surface area is 159 Å². The molecule has 3 heterocycles. The molecule has 0 aromatic carbocycles. The molecule has 144 valence electrons. The number of amides is 1. The average Bonchev–Trinajstić information content (AvgIpc) is 3.10. The van der Waals surface area contributed by atoms with Crippen LogP contribution in [0.15, 0.2) is 23.4 Å². The summed E-state index contributed by atoms with van der Waals surface area (Å²) in [6.45, 7) is 4.59. The van der Waals surface area contributed by atoms with Crippen LogP contribution in [0.4, 0.5) is 0 Å². The predicted molar refractivity (Wildman–Crippen MR) is 102 cm³/mol. The third-order valence-corrected chi connectivity index (χ3v) is 6.46. The van der Waals surface area contributed by atoms with Crippen molar-refractivity contribution < 1.29 is 15.0 Å². The molecule has 2 fully saturated rings. The minimum atomic E-state index is 0.0161. The number of thioether (sulfide) groups is 1. The van der Waals surface area contributed by atoms with Gasteiger partial charge in [-0.3, -0.25) is 4.79 Å². The van der Waals surface area contributed by atoms with Crippen molar-refractivity contribution in [2.45, 2.75) is 17.9 Å². The van der Waals surface area contributed by atoms with Crippen molar-refractivity contribution in [1.82, 2.24) is 14.8 Å². The maximum Gasteiger partial charge on any atom is 0.256 e. The zero-order valence-electron chi connectivity index (χ0n) is 15.4. The smallest absolute Gasteiger partial charge is 0.256 e. The molecule has 0 bridgehead atoms. The van der Waals surface area contributed by atoms with Crippen LogP contribution < -0.4 is 0 Å². The SMILES string of the molecule is CSc1ncccc1C(=O)N1C[C@@H](CN2CCC(CO)CC2)[C@@H](CO)C1. The van der Waals surface area contributed by atoms with Crippen LogP contribution >= 0.6 is 11.8 Å². The van der Waals surface area contributed by atoms with E-state index in [0.29, 0.717) is 30.5 Å². The van der Waals surface area contributed by atoms with Gasteiger partial charge in [0, 0.05) is 45.0 Å². The Balaban J connectivity index is 1.62. The molecule has 2 saturated heterocycles. The number of aliphatic hydroxyl groups is 2. The van der Waals surface area contributed by atoms with Crippen molar-refractivity contribution in [3.63, 3.8) is 0 Å². The Morgan fingerprint density at radius 1 is 1.23 bits per heavy atom. The standard InChI is InChI=1S/C19H29N3O3S/c1-26-18-17(3-2-6-20-18)19(25)22-10-15(16(11-22)13-24)9-21-7-4-14(12-23)5-8-21/h2-3,6,14-16,23-24H,4-5,7-13H2,1H3/t15-,16-/m1/s1. The minimum absolute atomic E-state index is 0.0161. The molecule has 2 aliphatic heterocycles. The minimum Gasteiger partial charge on any atom is -0.396 e. The lowest BCUT2D eigenvalue weighted by molar-refractivity contribution is 0.0772. The molecule has 7 heteroatoms. The third-order valence-electron chi connectivity index (χ3n) is 5.75. The van der Waals surface area contributed by atoms with Gasteiger partial charge in [0.1, 0.15) is 5.03 Å². The molecular formula is C19H29N3O3S. The van der Waals surface area contributed by atoms with Crippen molar-refractivity contribution >= 4 is 17.7 Å². The van der Waals surface area contributed by atoms with Gasteiger partial charge < -0.3 is 20.0 Å². The highest BCUT2D eigenvalue weighted by molar-refractivity contribution is 7.98. The van der Waals surface area contributed by atoms with E-state index in [-0.39, 0.29) is 25.0 Å². The molecule has 0 aliphatic carbocycles. The van der Waals surface area contributed by atoms with Gasteiger partial charge in [0.25, 0.3) is 5.91 Å². The van der Waals surface area contributed by atoms with Gasteiger partial charge >= 0.3 is 0 Å². The lowest BCUT2D eigenvalue weighted by Crippen LogP contribution is -2.40. The van der Waals surface area contributed by atoms with Gasteiger partial charge in [-0.2, -0.15) is 0 Å². The van der Waals surface area contributed by atoms with Crippen LogP contribution in [-0.4, -0.2) is 83.1 Å². The van der Waals surface area contributed by atoms with Crippen molar-refractivity contribution in [3.05, 3.63) is 23.9 Å². The Morgan fingerprint density at radius 2 is 1.96 bits per heavy atom. The third kappa shape index (κ3) is 4.39.